The molecule has 100 valence electrons. The standard InChI is InChI=1S/C15H23NO2/c1-4-10-16(11-12-18-3)14-8-6-13(7-9-14)15(17)5-2/h4,6-9,15,17H,1,5,10-12H2,2-3H3/t15-/m0/s1. The summed E-state index contributed by atoms with van der Waals surface area (Å²) in [5, 5.41) is 9.75. The summed E-state index contributed by atoms with van der Waals surface area (Å²) in [6.07, 6.45) is 2.25. The number of aliphatic hydroxyl groups is 1. The molecular weight excluding hydrogens is 226 g/mol. The molecule has 0 radical (unpaired) electrons. The van der Waals surface area contributed by atoms with Crippen molar-refractivity contribution in [2.75, 3.05) is 31.7 Å². The first-order valence-corrected chi connectivity index (χ1v) is 6.35. The van der Waals surface area contributed by atoms with Crippen LogP contribution in [0.4, 0.5) is 5.69 Å². The highest BCUT2D eigenvalue weighted by Gasteiger charge is 2.07. The number of hydrogen-bond acceptors (Lipinski definition) is 3. The molecule has 0 bridgehead atoms. The van der Waals surface area contributed by atoms with Crippen LogP contribution >= 0.6 is 0 Å². The van der Waals surface area contributed by atoms with Crippen LogP contribution in [0, 0.1) is 0 Å². The van der Waals surface area contributed by atoms with E-state index in [0.717, 1.165) is 30.8 Å². The lowest BCUT2D eigenvalue weighted by atomic mass is 10.1. The lowest BCUT2D eigenvalue weighted by Gasteiger charge is -2.23. The molecule has 0 fully saturated rings. The Bertz CT molecular complexity index is 348. The number of aliphatic hydroxyl groups excluding tert-OH is 1. The number of ether oxygens (including phenoxy) is 1. The van der Waals surface area contributed by atoms with Crippen molar-refractivity contribution in [3.05, 3.63) is 42.5 Å². The number of rotatable bonds is 8. The summed E-state index contributed by atoms with van der Waals surface area (Å²) in [4.78, 5) is 2.19. The minimum Gasteiger partial charge on any atom is -0.388 e. The van der Waals surface area contributed by atoms with E-state index in [2.05, 4.69) is 11.5 Å². The maximum Gasteiger partial charge on any atom is 0.0787 e. The molecule has 0 saturated heterocycles. The van der Waals surface area contributed by atoms with Crippen molar-refractivity contribution in [2.45, 2.75) is 19.4 Å². The minimum absolute atomic E-state index is 0.370. The van der Waals surface area contributed by atoms with Gasteiger partial charge in [-0.2, -0.15) is 0 Å². The van der Waals surface area contributed by atoms with Crippen LogP contribution in [0.15, 0.2) is 36.9 Å². The Morgan fingerprint density at radius 3 is 2.56 bits per heavy atom. The molecule has 1 atom stereocenters. The summed E-state index contributed by atoms with van der Waals surface area (Å²) in [5.74, 6) is 0. The molecule has 0 aliphatic heterocycles. The smallest absolute Gasteiger partial charge is 0.0787 e. The second kappa shape index (κ2) is 7.90. The van der Waals surface area contributed by atoms with Crippen LogP contribution in [0.25, 0.3) is 0 Å². The lowest BCUT2D eigenvalue weighted by molar-refractivity contribution is 0.173. The van der Waals surface area contributed by atoms with E-state index in [9.17, 15) is 5.11 Å². The zero-order valence-corrected chi connectivity index (χ0v) is 11.3. The molecule has 1 aromatic carbocycles. The van der Waals surface area contributed by atoms with E-state index in [1.807, 2.05) is 37.3 Å². The van der Waals surface area contributed by atoms with Gasteiger partial charge in [0.1, 0.15) is 0 Å². The van der Waals surface area contributed by atoms with Crippen LogP contribution in [0.3, 0.4) is 0 Å². The Hall–Kier alpha value is -1.32. The third kappa shape index (κ3) is 4.17. The van der Waals surface area contributed by atoms with E-state index >= 15 is 0 Å². The first-order chi connectivity index (χ1) is 8.72. The summed E-state index contributed by atoms with van der Waals surface area (Å²) in [6.45, 7) is 8.05. The van der Waals surface area contributed by atoms with E-state index < -0.39 is 0 Å². The van der Waals surface area contributed by atoms with Crippen molar-refractivity contribution >= 4 is 5.69 Å². The van der Waals surface area contributed by atoms with E-state index in [1.165, 1.54) is 0 Å². The van der Waals surface area contributed by atoms with Crippen LogP contribution in [0.1, 0.15) is 25.0 Å². The highest BCUT2D eigenvalue weighted by atomic mass is 16.5. The number of nitrogens with zero attached hydrogens (tertiary/aromatic N) is 1. The highest BCUT2D eigenvalue weighted by Crippen LogP contribution is 2.20. The molecule has 0 saturated carbocycles. The summed E-state index contributed by atoms with van der Waals surface area (Å²) < 4.78 is 5.10. The van der Waals surface area contributed by atoms with Gasteiger partial charge in [0.2, 0.25) is 0 Å². The molecule has 1 rings (SSSR count). The van der Waals surface area contributed by atoms with Gasteiger partial charge in [-0.3, -0.25) is 0 Å². The van der Waals surface area contributed by atoms with Gasteiger partial charge in [0.25, 0.3) is 0 Å². The van der Waals surface area contributed by atoms with Crippen LogP contribution < -0.4 is 4.90 Å². The predicted molar refractivity (Wildman–Crippen MR) is 76.0 cm³/mol. The highest BCUT2D eigenvalue weighted by molar-refractivity contribution is 5.48. The Morgan fingerprint density at radius 2 is 2.06 bits per heavy atom. The summed E-state index contributed by atoms with van der Waals surface area (Å²) in [5.41, 5.74) is 2.09. The van der Waals surface area contributed by atoms with Gasteiger partial charge in [-0.25, -0.2) is 0 Å². The fourth-order valence-corrected chi connectivity index (χ4v) is 1.83. The van der Waals surface area contributed by atoms with Crippen LogP contribution in [0.5, 0.6) is 0 Å². The first-order valence-electron chi connectivity index (χ1n) is 6.35. The average molecular weight is 249 g/mol. The summed E-state index contributed by atoms with van der Waals surface area (Å²) >= 11 is 0. The van der Waals surface area contributed by atoms with Gasteiger partial charge >= 0.3 is 0 Å². The van der Waals surface area contributed by atoms with E-state index in [-0.39, 0.29) is 6.10 Å². The fourth-order valence-electron chi connectivity index (χ4n) is 1.83. The molecule has 3 nitrogen and oxygen atoms in total. The normalized spacial score (nSPS) is 12.2. The third-order valence-electron chi connectivity index (χ3n) is 2.94. The molecule has 1 aromatic rings. The van der Waals surface area contributed by atoms with Gasteiger partial charge < -0.3 is 14.7 Å². The van der Waals surface area contributed by atoms with E-state index in [0.29, 0.717) is 6.61 Å². The number of methoxy groups -OCH3 is 1. The molecule has 0 aliphatic carbocycles. The van der Waals surface area contributed by atoms with Gasteiger partial charge in [-0.05, 0) is 24.1 Å². The Kier molecular flexibility index (Phi) is 6.47. The molecule has 0 aromatic heterocycles. The summed E-state index contributed by atoms with van der Waals surface area (Å²) in [7, 11) is 1.70. The average Bonchev–Trinajstić information content (AvgIpc) is 2.43. The van der Waals surface area contributed by atoms with Crippen LogP contribution in [-0.2, 0) is 4.74 Å². The molecule has 18 heavy (non-hydrogen) atoms. The second-order valence-electron chi connectivity index (χ2n) is 4.24. The van der Waals surface area contributed by atoms with Gasteiger partial charge in [0, 0.05) is 25.9 Å². The Labute approximate surface area is 110 Å². The van der Waals surface area contributed by atoms with Crippen LogP contribution in [0.2, 0.25) is 0 Å². The Morgan fingerprint density at radius 1 is 1.39 bits per heavy atom. The molecular formula is C15H23NO2. The fraction of sp³-hybridized carbons (Fsp3) is 0.467. The van der Waals surface area contributed by atoms with Crippen molar-refractivity contribution in [1.29, 1.82) is 0 Å². The maximum absolute atomic E-state index is 9.75. The SMILES string of the molecule is C=CCN(CCOC)c1ccc([C@@H](O)CC)cc1. The van der Waals surface area contributed by atoms with Crippen molar-refractivity contribution in [2.24, 2.45) is 0 Å². The third-order valence-corrected chi connectivity index (χ3v) is 2.94. The summed E-state index contributed by atoms with van der Waals surface area (Å²) in [6, 6.07) is 8.03. The Balaban J connectivity index is 2.76. The van der Waals surface area contributed by atoms with Crippen LogP contribution in [-0.4, -0.2) is 31.9 Å². The minimum atomic E-state index is -0.370. The van der Waals surface area contributed by atoms with E-state index in [4.69, 9.17) is 4.74 Å². The van der Waals surface area contributed by atoms with Crippen molar-refractivity contribution in [3.63, 3.8) is 0 Å². The van der Waals surface area contributed by atoms with Crippen molar-refractivity contribution < 1.29 is 9.84 Å². The first kappa shape index (κ1) is 14.7. The van der Waals surface area contributed by atoms with Gasteiger partial charge in [-0.15, -0.1) is 6.58 Å². The largest absolute Gasteiger partial charge is 0.388 e. The molecule has 3 heteroatoms. The van der Waals surface area contributed by atoms with Gasteiger partial charge in [-0.1, -0.05) is 25.1 Å². The topological polar surface area (TPSA) is 32.7 Å². The zero-order valence-electron chi connectivity index (χ0n) is 11.3. The molecule has 1 N–H and O–H groups in total. The number of hydrogen-bond donors (Lipinski definition) is 1. The van der Waals surface area contributed by atoms with E-state index in [1.54, 1.807) is 7.11 Å². The van der Waals surface area contributed by atoms with Gasteiger partial charge in [0.05, 0.1) is 12.7 Å². The predicted octanol–water partition coefficient (Wildman–Crippen LogP) is 2.77. The van der Waals surface area contributed by atoms with Crippen molar-refractivity contribution in [1.82, 2.24) is 0 Å². The molecule has 0 heterocycles. The molecule has 0 spiro atoms. The second-order valence-corrected chi connectivity index (χ2v) is 4.24. The monoisotopic (exact) mass is 249 g/mol. The lowest BCUT2D eigenvalue weighted by Crippen LogP contribution is -2.27. The van der Waals surface area contributed by atoms with Crippen molar-refractivity contribution in [3.8, 4) is 0 Å². The number of benzene rings is 1. The quantitative estimate of drug-likeness (QED) is 0.719. The molecule has 0 aliphatic rings. The molecule has 0 amide bonds. The van der Waals surface area contributed by atoms with Gasteiger partial charge in [0.15, 0.2) is 0 Å². The number of anilines is 1. The molecule has 0 unspecified atom stereocenters. The maximum atomic E-state index is 9.75. The zero-order chi connectivity index (χ0) is 13.4.